The van der Waals surface area contributed by atoms with E-state index in [1.54, 1.807) is 0 Å². The molecular formula is C8H12N4O5S. The summed E-state index contributed by atoms with van der Waals surface area (Å²) < 4.78 is 26.3. The lowest BCUT2D eigenvalue weighted by Gasteiger charge is -2.03. The zero-order chi connectivity index (χ0) is 13.8. The highest BCUT2D eigenvalue weighted by Crippen LogP contribution is 2.06. The molecule has 1 heterocycles. The number of hydrogen-bond donors (Lipinski definition) is 3. The Morgan fingerprint density at radius 1 is 1.50 bits per heavy atom. The van der Waals surface area contributed by atoms with Crippen molar-refractivity contribution in [2.24, 2.45) is 0 Å². The Hall–Kier alpha value is -1.94. The predicted molar refractivity (Wildman–Crippen MR) is 59.1 cm³/mol. The van der Waals surface area contributed by atoms with Crippen LogP contribution in [0.1, 0.15) is 0 Å². The molecule has 0 aliphatic rings. The van der Waals surface area contributed by atoms with Crippen molar-refractivity contribution in [3.8, 4) is 0 Å². The summed E-state index contributed by atoms with van der Waals surface area (Å²) in [7, 11) is -2.49. The summed E-state index contributed by atoms with van der Waals surface area (Å²) in [6, 6.07) is 0. The van der Waals surface area contributed by atoms with Crippen LogP contribution < -0.4 is 10.0 Å². The number of sulfonamides is 1. The number of carbonyl (C=O) groups is 2. The molecular weight excluding hydrogens is 264 g/mol. The van der Waals surface area contributed by atoms with Crippen molar-refractivity contribution in [1.29, 1.82) is 0 Å². The number of carboxylic acid groups (broad SMARTS) is 1. The lowest BCUT2D eigenvalue weighted by molar-refractivity contribution is -0.137. The standard InChI is InChI=1S/C8H12N4O5S/c1-9-7(13)3-11-18(16,17)6-2-10-12(4-6)5-8(14)15/h2,4,11H,3,5H2,1H3,(H,9,13)(H,14,15). The highest BCUT2D eigenvalue weighted by molar-refractivity contribution is 7.89. The summed E-state index contributed by atoms with van der Waals surface area (Å²) in [5, 5.41) is 14.4. The Bertz CT molecular complexity index is 550. The number of carboxylic acids is 1. The third kappa shape index (κ3) is 3.82. The van der Waals surface area contributed by atoms with Crippen molar-refractivity contribution in [1.82, 2.24) is 19.8 Å². The van der Waals surface area contributed by atoms with Gasteiger partial charge in [0.2, 0.25) is 15.9 Å². The number of aromatic nitrogens is 2. The van der Waals surface area contributed by atoms with E-state index in [-0.39, 0.29) is 4.90 Å². The third-order valence-electron chi connectivity index (χ3n) is 1.92. The molecule has 1 amide bonds. The highest BCUT2D eigenvalue weighted by atomic mass is 32.2. The molecule has 0 aliphatic heterocycles. The molecule has 9 nitrogen and oxygen atoms in total. The summed E-state index contributed by atoms with van der Waals surface area (Å²) in [5.74, 6) is -1.63. The van der Waals surface area contributed by atoms with E-state index in [1.165, 1.54) is 7.05 Å². The Balaban J connectivity index is 2.76. The molecule has 0 saturated carbocycles. The summed E-state index contributed by atoms with van der Waals surface area (Å²) in [4.78, 5) is 21.1. The number of nitrogens with zero attached hydrogens (tertiary/aromatic N) is 2. The van der Waals surface area contributed by atoms with Crippen LogP contribution in [0.5, 0.6) is 0 Å². The number of rotatable bonds is 6. The first-order valence-electron chi connectivity index (χ1n) is 4.79. The molecule has 0 radical (unpaired) electrons. The Morgan fingerprint density at radius 2 is 2.17 bits per heavy atom. The molecule has 18 heavy (non-hydrogen) atoms. The van der Waals surface area contributed by atoms with E-state index in [9.17, 15) is 18.0 Å². The van der Waals surface area contributed by atoms with Gasteiger partial charge in [-0.25, -0.2) is 13.1 Å². The fraction of sp³-hybridized carbons (Fsp3) is 0.375. The molecule has 0 aliphatic carbocycles. The van der Waals surface area contributed by atoms with E-state index >= 15 is 0 Å². The molecule has 0 saturated heterocycles. The zero-order valence-electron chi connectivity index (χ0n) is 9.45. The van der Waals surface area contributed by atoms with Crippen molar-refractivity contribution in [2.75, 3.05) is 13.6 Å². The summed E-state index contributed by atoms with van der Waals surface area (Å²) in [5.41, 5.74) is 0. The van der Waals surface area contributed by atoms with Crippen LogP contribution in [0.25, 0.3) is 0 Å². The SMILES string of the molecule is CNC(=O)CNS(=O)(=O)c1cnn(CC(=O)O)c1. The molecule has 1 rings (SSSR count). The molecule has 0 unspecified atom stereocenters. The quantitative estimate of drug-likeness (QED) is 0.550. The van der Waals surface area contributed by atoms with Gasteiger partial charge in [-0.1, -0.05) is 0 Å². The van der Waals surface area contributed by atoms with Gasteiger partial charge in [-0.2, -0.15) is 5.10 Å². The van der Waals surface area contributed by atoms with Gasteiger partial charge in [0.25, 0.3) is 0 Å². The van der Waals surface area contributed by atoms with Crippen LogP contribution in [0.2, 0.25) is 0 Å². The van der Waals surface area contributed by atoms with Gasteiger partial charge in [-0.15, -0.1) is 0 Å². The van der Waals surface area contributed by atoms with E-state index in [2.05, 4.69) is 15.1 Å². The molecule has 3 N–H and O–H groups in total. The van der Waals surface area contributed by atoms with Crippen LogP contribution in [0.4, 0.5) is 0 Å². The van der Waals surface area contributed by atoms with Gasteiger partial charge in [0, 0.05) is 13.2 Å². The van der Waals surface area contributed by atoms with Crippen LogP contribution in [0, 0.1) is 0 Å². The van der Waals surface area contributed by atoms with Crippen LogP contribution in [-0.4, -0.2) is 48.8 Å². The van der Waals surface area contributed by atoms with Crippen LogP contribution in [0.15, 0.2) is 17.3 Å². The number of aliphatic carboxylic acids is 1. The molecule has 0 bridgehead atoms. The number of amides is 1. The number of carbonyl (C=O) groups excluding carboxylic acids is 1. The topological polar surface area (TPSA) is 130 Å². The minimum absolute atomic E-state index is 0.201. The average Bonchev–Trinajstić information content (AvgIpc) is 2.74. The van der Waals surface area contributed by atoms with Crippen molar-refractivity contribution in [3.63, 3.8) is 0 Å². The molecule has 0 atom stereocenters. The second-order valence-electron chi connectivity index (χ2n) is 3.27. The van der Waals surface area contributed by atoms with E-state index in [0.29, 0.717) is 0 Å². The van der Waals surface area contributed by atoms with E-state index in [4.69, 9.17) is 5.11 Å². The number of hydrogen-bond acceptors (Lipinski definition) is 5. The van der Waals surface area contributed by atoms with Gasteiger partial charge in [-0.3, -0.25) is 14.3 Å². The Morgan fingerprint density at radius 3 is 2.72 bits per heavy atom. The molecule has 0 fully saturated rings. The van der Waals surface area contributed by atoms with Crippen LogP contribution in [-0.2, 0) is 26.2 Å². The number of nitrogens with one attached hydrogen (secondary N) is 2. The second kappa shape index (κ2) is 5.60. The van der Waals surface area contributed by atoms with E-state index in [0.717, 1.165) is 17.1 Å². The Labute approximate surface area is 103 Å². The lowest BCUT2D eigenvalue weighted by Crippen LogP contribution is -2.35. The Kier molecular flexibility index (Phi) is 4.39. The monoisotopic (exact) mass is 276 g/mol. The normalized spacial score (nSPS) is 11.2. The van der Waals surface area contributed by atoms with Crippen LogP contribution in [0.3, 0.4) is 0 Å². The summed E-state index contributed by atoms with van der Waals surface area (Å²) in [6.45, 7) is -0.839. The van der Waals surface area contributed by atoms with Crippen molar-refractivity contribution in [3.05, 3.63) is 12.4 Å². The first-order valence-corrected chi connectivity index (χ1v) is 6.28. The fourth-order valence-electron chi connectivity index (χ4n) is 1.04. The van der Waals surface area contributed by atoms with Crippen LogP contribution >= 0.6 is 0 Å². The van der Waals surface area contributed by atoms with E-state index < -0.39 is 35.0 Å². The van der Waals surface area contributed by atoms with Gasteiger partial charge in [0.15, 0.2) is 0 Å². The zero-order valence-corrected chi connectivity index (χ0v) is 10.3. The minimum atomic E-state index is -3.87. The van der Waals surface area contributed by atoms with Crippen molar-refractivity contribution >= 4 is 21.9 Å². The molecule has 1 aromatic heterocycles. The maximum atomic E-state index is 11.7. The first-order chi connectivity index (χ1) is 8.35. The molecule has 0 aromatic carbocycles. The average molecular weight is 276 g/mol. The third-order valence-corrected chi connectivity index (χ3v) is 3.27. The van der Waals surface area contributed by atoms with Gasteiger partial charge in [0.1, 0.15) is 11.4 Å². The largest absolute Gasteiger partial charge is 0.480 e. The fourth-order valence-corrected chi connectivity index (χ4v) is 1.97. The van der Waals surface area contributed by atoms with Crippen molar-refractivity contribution < 1.29 is 23.1 Å². The van der Waals surface area contributed by atoms with E-state index in [1.807, 2.05) is 0 Å². The molecule has 10 heteroatoms. The maximum Gasteiger partial charge on any atom is 0.325 e. The molecule has 0 spiro atoms. The molecule has 1 aromatic rings. The lowest BCUT2D eigenvalue weighted by atomic mass is 10.6. The first kappa shape index (κ1) is 14.1. The van der Waals surface area contributed by atoms with Gasteiger partial charge >= 0.3 is 5.97 Å². The highest BCUT2D eigenvalue weighted by Gasteiger charge is 2.17. The van der Waals surface area contributed by atoms with Gasteiger partial charge in [-0.05, 0) is 0 Å². The van der Waals surface area contributed by atoms with Gasteiger partial charge in [0.05, 0.1) is 12.7 Å². The minimum Gasteiger partial charge on any atom is -0.480 e. The van der Waals surface area contributed by atoms with Crippen molar-refractivity contribution in [2.45, 2.75) is 11.4 Å². The molecule has 100 valence electrons. The predicted octanol–water partition coefficient (Wildman–Crippen LogP) is -2.01. The maximum absolute atomic E-state index is 11.7. The second-order valence-corrected chi connectivity index (χ2v) is 5.03. The smallest absolute Gasteiger partial charge is 0.325 e. The summed E-state index contributed by atoms with van der Waals surface area (Å²) >= 11 is 0. The van der Waals surface area contributed by atoms with Gasteiger partial charge < -0.3 is 10.4 Å². The summed E-state index contributed by atoms with van der Waals surface area (Å²) in [6.07, 6.45) is 2.08. The number of likely N-dealkylation sites (N-methyl/N-ethyl adjacent to an activating group) is 1.